The molecule has 13 nitrogen and oxygen atoms in total. The van der Waals surface area contributed by atoms with Crippen molar-refractivity contribution in [1.82, 2.24) is 33.9 Å². The van der Waals surface area contributed by atoms with Crippen LogP contribution in [0.25, 0.3) is 22.2 Å². The first kappa shape index (κ1) is 27.4. The standard InChI is InChI=1S/C26H30N8O5S/c1-26(8-9-26)31-40(37,38)18-10-19(21-7-6-17(13-27-21)23(35)32(2)3)22-20(11-18)24(36)34(25(29-22)30-39-5)15-16-12-28-33(4)14-16/h6-7,10-14,31H,8-9,15H2,1-5H3,(H,29,30). The number of anilines is 1. The zero-order valence-corrected chi connectivity index (χ0v) is 23.6. The Morgan fingerprint density at radius 1 is 1.20 bits per heavy atom. The van der Waals surface area contributed by atoms with Gasteiger partial charge in [0.05, 0.1) is 46.9 Å². The third-order valence-corrected chi connectivity index (χ3v) is 8.33. The quantitative estimate of drug-likeness (QED) is 0.289. The van der Waals surface area contributed by atoms with Gasteiger partial charge in [-0.1, -0.05) is 0 Å². The van der Waals surface area contributed by atoms with Crippen molar-refractivity contribution in [1.29, 1.82) is 0 Å². The molecule has 0 bridgehead atoms. The Labute approximate surface area is 230 Å². The number of pyridine rings is 1. The third kappa shape index (κ3) is 5.33. The molecule has 1 fully saturated rings. The Morgan fingerprint density at radius 3 is 2.52 bits per heavy atom. The number of carbonyl (C=O) groups excluding carboxylic acids is 1. The lowest BCUT2D eigenvalue weighted by Gasteiger charge is -2.17. The van der Waals surface area contributed by atoms with E-state index in [1.54, 1.807) is 50.4 Å². The summed E-state index contributed by atoms with van der Waals surface area (Å²) in [5, 5.41) is 4.24. The van der Waals surface area contributed by atoms with Crippen LogP contribution in [-0.2, 0) is 28.5 Å². The van der Waals surface area contributed by atoms with Crippen LogP contribution in [0, 0.1) is 0 Å². The number of sulfonamides is 1. The molecule has 5 rings (SSSR count). The summed E-state index contributed by atoms with van der Waals surface area (Å²) in [6.45, 7) is 1.95. The molecule has 1 aromatic carbocycles. The smallest absolute Gasteiger partial charge is 0.263 e. The summed E-state index contributed by atoms with van der Waals surface area (Å²) in [5.41, 5.74) is 3.63. The van der Waals surface area contributed by atoms with Gasteiger partial charge in [0.2, 0.25) is 16.0 Å². The average Bonchev–Trinajstić information content (AvgIpc) is 3.48. The number of aryl methyl sites for hydroxylation is 1. The molecule has 0 unspecified atom stereocenters. The van der Waals surface area contributed by atoms with Gasteiger partial charge in [-0.05, 0) is 44.0 Å². The maximum Gasteiger partial charge on any atom is 0.263 e. The molecule has 3 heterocycles. The minimum absolute atomic E-state index is 0.0830. The lowest BCUT2D eigenvalue weighted by atomic mass is 10.1. The molecule has 4 aromatic rings. The number of benzene rings is 1. The van der Waals surface area contributed by atoms with Gasteiger partial charge >= 0.3 is 0 Å². The van der Waals surface area contributed by atoms with Gasteiger partial charge in [0.15, 0.2) is 0 Å². The summed E-state index contributed by atoms with van der Waals surface area (Å²) in [4.78, 5) is 41.9. The van der Waals surface area contributed by atoms with Crippen LogP contribution in [0.15, 0.2) is 52.5 Å². The second kappa shape index (κ2) is 10.1. The van der Waals surface area contributed by atoms with E-state index >= 15 is 0 Å². The molecule has 3 aromatic heterocycles. The number of amides is 1. The van der Waals surface area contributed by atoms with Crippen LogP contribution in [0.5, 0.6) is 0 Å². The van der Waals surface area contributed by atoms with Gasteiger partial charge in [-0.3, -0.25) is 28.7 Å². The summed E-state index contributed by atoms with van der Waals surface area (Å²) >= 11 is 0. The molecule has 2 N–H and O–H groups in total. The van der Waals surface area contributed by atoms with Crippen LogP contribution in [-0.4, -0.2) is 70.3 Å². The SMILES string of the molecule is CONc1nc2c(-c3ccc(C(=O)N(C)C)cn3)cc(S(=O)(=O)NC3(C)CC3)cc2c(=O)n1Cc1cnn(C)c1. The minimum atomic E-state index is -3.98. The molecule has 1 aliphatic rings. The van der Waals surface area contributed by atoms with Crippen molar-refractivity contribution in [3.63, 3.8) is 0 Å². The first-order valence-corrected chi connectivity index (χ1v) is 14.0. The number of hydrogen-bond acceptors (Lipinski definition) is 9. The van der Waals surface area contributed by atoms with Crippen molar-refractivity contribution in [3.8, 4) is 11.3 Å². The maximum atomic E-state index is 13.9. The highest BCUT2D eigenvalue weighted by Gasteiger charge is 2.41. The molecule has 40 heavy (non-hydrogen) atoms. The van der Waals surface area contributed by atoms with E-state index in [1.807, 2.05) is 6.92 Å². The first-order chi connectivity index (χ1) is 18.9. The second-order valence-corrected chi connectivity index (χ2v) is 12.0. The molecule has 1 saturated carbocycles. The fourth-order valence-corrected chi connectivity index (χ4v) is 5.83. The molecule has 210 valence electrons. The number of nitrogens with zero attached hydrogens (tertiary/aromatic N) is 6. The third-order valence-electron chi connectivity index (χ3n) is 6.71. The van der Waals surface area contributed by atoms with Gasteiger partial charge < -0.3 is 4.90 Å². The number of nitrogens with one attached hydrogen (secondary N) is 2. The highest BCUT2D eigenvalue weighted by molar-refractivity contribution is 7.89. The normalized spacial score (nSPS) is 14.3. The summed E-state index contributed by atoms with van der Waals surface area (Å²) < 4.78 is 32.6. The van der Waals surface area contributed by atoms with E-state index in [4.69, 9.17) is 4.84 Å². The molecule has 1 aliphatic carbocycles. The van der Waals surface area contributed by atoms with E-state index in [9.17, 15) is 18.0 Å². The minimum Gasteiger partial charge on any atom is -0.345 e. The van der Waals surface area contributed by atoms with Crippen molar-refractivity contribution >= 4 is 32.8 Å². The first-order valence-electron chi connectivity index (χ1n) is 12.5. The van der Waals surface area contributed by atoms with Gasteiger partial charge in [0.25, 0.3) is 11.5 Å². The highest BCUT2D eigenvalue weighted by atomic mass is 32.2. The molecule has 0 atom stereocenters. The van der Waals surface area contributed by atoms with Crippen LogP contribution in [0.1, 0.15) is 35.7 Å². The van der Waals surface area contributed by atoms with E-state index in [0.717, 1.165) is 18.4 Å². The summed E-state index contributed by atoms with van der Waals surface area (Å²) in [5.74, 6) is -0.117. The lowest BCUT2D eigenvalue weighted by molar-refractivity contribution is 0.0827. The number of rotatable bonds is 9. The van der Waals surface area contributed by atoms with Crippen molar-refractivity contribution in [2.45, 2.75) is 36.7 Å². The Hall–Kier alpha value is -4.14. The molecule has 0 saturated heterocycles. The van der Waals surface area contributed by atoms with Gasteiger partial charge in [0, 0.05) is 50.2 Å². The molecule has 14 heteroatoms. The number of carbonyl (C=O) groups is 1. The highest BCUT2D eigenvalue weighted by Crippen LogP contribution is 2.37. The van der Waals surface area contributed by atoms with E-state index in [0.29, 0.717) is 16.8 Å². The molecular formula is C26H30N8O5S. The fourth-order valence-electron chi connectivity index (χ4n) is 4.31. The molecule has 1 amide bonds. The number of aromatic nitrogens is 5. The van der Waals surface area contributed by atoms with Crippen LogP contribution in [0.3, 0.4) is 0 Å². The predicted octanol–water partition coefficient (Wildman–Crippen LogP) is 1.75. The Kier molecular flexibility index (Phi) is 6.94. The van der Waals surface area contributed by atoms with Crippen LogP contribution in [0.2, 0.25) is 0 Å². The largest absolute Gasteiger partial charge is 0.345 e. The van der Waals surface area contributed by atoms with Gasteiger partial charge in [0.1, 0.15) is 0 Å². The van der Waals surface area contributed by atoms with Crippen molar-refractivity contribution in [2.24, 2.45) is 7.05 Å². The monoisotopic (exact) mass is 566 g/mol. The number of fused-ring (bicyclic) bond motifs is 1. The van der Waals surface area contributed by atoms with Crippen LogP contribution in [0.4, 0.5) is 5.95 Å². The topological polar surface area (TPSA) is 153 Å². The molecular weight excluding hydrogens is 536 g/mol. The van der Waals surface area contributed by atoms with E-state index in [1.165, 1.54) is 34.9 Å². The van der Waals surface area contributed by atoms with Crippen LogP contribution < -0.4 is 15.8 Å². The van der Waals surface area contributed by atoms with Gasteiger partial charge in [-0.2, -0.15) is 5.10 Å². The van der Waals surface area contributed by atoms with E-state index < -0.39 is 21.1 Å². The fraction of sp³-hybridized carbons (Fsp3) is 0.346. The Balaban J connectivity index is 1.74. The van der Waals surface area contributed by atoms with Crippen molar-refractivity contribution in [2.75, 3.05) is 26.7 Å². The van der Waals surface area contributed by atoms with Crippen molar-refractivity contribution < 1.29 is 18.0 Å². The zero-order chi connectivity index (χ0) is 28.8. The number of hydrogen-bond donors (Lipinski definition) is 2. The molecule has 0 spiro atoms. The molecule has 0 aliphatic heterocycles. The summed E-state index contributed by atoms with van der Waals surface area (Å²) in [7, 11) is 2.45. The average molecular weight is 567 g/mol. The maximum absolute atomic E-state index is 13.9. The van der Waals surface area contributed by atoms with Crippen molar-refractivity contribution in [3.05, 3.63) is 64.3 Å². The van der Waals surface area contributed by atoms with Crippen LogP contribution >= 0.6 is 0 Å². The summed E-state index contributed by atoms with van der Waals surface area (Å²) in [6.07, 6.45) is 6.24. The van der Waals surface area contributed by atoms with E-state index in [2.05, 4.69) is 25.3 Å². The van der Waals surface area contributed by atoms with Gasteiger partial charge in [-0.15, -0.1) is 0 Å². The zero-order valence-electron chi connectivity index (χ0n) is 22.8. The second-order valence-electron chi connectivity index (χ2n) is 10.3. The molecule has 0 radical (unpaired) electrons. The Bertz CT molecular complexity index is 1770. The Morgan fingerprint density at radius 2 is 1.95 bits per heavy atom. The lowest BCUT2D eigenvalue weighted by Crippen LogP contribution is -2.34. The summed E-state index contributed by atoms with van der Waals surface area (Å²) in [6, 6.07) is 5.98. The van der Waals surface area contributed by atoms with Gasteiger partial charge in [-0.25, -0.2) is 23.6 Å². The van der Waals surface area contributed by atoms with E-state index in [-0.39, 0.29) is 34.2 Å². The predicted molar refractivity (Wildman–Crippen MR) is 148 cm³/mol.